The average Bonchev–Trinajstić information content (AvgIpc) is 2.28. The van der Waals surface area contributed by atoms with Crippen LogP contribution < -0.4 is 5.73 Å². The van der Waals surface area contributed by atoms with Crippen LogP contribution in [0.15, 0.2) is 0 Å². The zero-order valence-electron chi connectivity index (χ0n) is 10.5. The second-order valence-corrected chi connectivity index (χ2v) is 7.33. The Morgan fingerprint density at radius 3 is 2.44 bits per heavy atom. The van der Waals surface area contributed by atoms with Crippen LogP contribution in [0.5, 0.6) is 0 Å². The molecule has 1 fully saturated rings. The van der Waals surface area contributed by atoms with Gasteiger partial charge in [-0.2, -0.15) is 0 Å². The van der Waals surface area contributed by atoms with Crippen molar-refractivity contribution in [2.45, 2.75) is 51.2 Å². The molecule has 0 heterocycles. The Balaban J connectivity index is 2.79. The lowest BCUT2D eigenvalue weighted by atomic mass is 9.80. The van der Waals surface area contributed by atoms with E-state index in [4.69, 9.17) is 5.73 Å². The van der Waals surface area contributed by atoms with E-state index < -0.39 is 9.84 Å². The molecule has 1 aliphatic carbocycles. The molecular weight excluding hydrogens is 222 g/mol. The largest absolute Gasteiger partial charge is 0.330 e. The quantitative estimate of drug-likeness (QED) is 0.808. The molecule has 0 saturated heterocycles. The van der Waals surface area contributed by atoms with E-state index in [0.29, 0.717) is 24.6 Å². The van der Waals surface area contributed by atoms with Gasteiger partial charge in [-0.3, -0.25) is 0 Å². The number of hydrogen-bond acceptors (Lipinski definition) is 3. The van der Waals surface area contributed by atoms with E-state index in [2.05, 4.69) is 6.92 Å². The number of sulfone groups is 1. The van der Waals surface area contributed by atoms with Gasteiger partial charge in [0.1, 0.15) is 0 Å². The van der Waals surface area contributed by atoms with Gasteiger partial charge < -0.3 is 5.73 Å². The van der Waals surface area contributed by atoms with Crippen molar-refractivity contribution in [3.05, 3.63) is 0 Å². The zero-order valence-corrected chi connectivity index (χ0v) is 11.3. The molecule has 0 bridgehead atoms. The molecule has 3 nitrogen and oxygen atoms in total. The molecule has 16 heavy (non-hydrogen) atoms. The van der Waals surface area contributed by atoms with Gasteiger partial charge in [-0.1, -0.05) is 26.7 Å². The van der Waals surface area contributed by atoms with Crippen LogP contribution in [0.4, 0.5) is 0 Å². The summed E-state index contributed by atoms with van der Waals surface area (Å²) in [5, 5.41) is -0.170. The maximum absolute atomic E-state index is 12.2. The first-order valence-electron chi connectivity index (χ1n) is 6.46. The maximum atomic E-state index is 12.2. The molecule has 0 aromatic carbocycles. The molecule has 4 heteroatoms. The second kappa shape index (κ2) is 6.01. The molecule has 1 saturated carbocycles. The fraction of sp³-hybridized carbons (Fsp3) is 1.00. The monoisotopic (exact) mass is 247 g/mol. The van der Waals surface area contributed by atoms with Crippen LogP contribution in [0, 0.1) is 11.8 Å². The molecule has 1 rings (SSSR count). The number of hydrogen-bond donors (Lipinski definition) is 1. The van der Waals surface area contributed by atoms with Crippen molar-refractivity contribution in [2.24, 2.45) is 17.6 Å². The minimum atomic E-state index is -2.92. The van der Waals surface area contributed by atoms with Crippen LogP contribution in [0.3, 0.4) is 0 Å². The van der Waals surface area contributed by atoms with Crippen LogP contribution in [0.1, 0.15) is 46.0 Å². The Labute approximate surface area is 99.7 Å². The standard InChI is InChI=1S/C12H25NO2S/c1-3-7-16(14,15)12-8-10(4-2)5-6-11(12)9-13/h10-12H,3-9,13H2,1-2H3. The molecule has 0 amide bonds. The molecule has 2 N–H and O–H groups in total. The Bertz CT molecular complexity index is 300. The van der Waals surface area contributed by atoms with E-state index in [1.165, 1.54) is 0 Å². The summed E-state index contributed by atoms with van der Waals surface area (Å²) in [4.78, 5) is 0. The molecular formula is C12H25NO2S. The van der Waals surface area contributed by atoms with Crippen molar-refractivity contribution in [1.29, 1.82) is 0 Å². The summed E-state index contributed by atoms with van der Waals surface area (Å²) in [6, 6.07) is 0. The van der Waals surface area contributed by atoms with Gasteiger partial charge in [0.2, 0.25) is 0 Å². The summed E-state index contributed by atoms with van der Waals surface area (Å²) in [6.07, 6.45) is 4.78. The summed E-state index contributed by atoms with van der Waals surface area (Å²) in [7, 11) is -2.92. The van der Waals surface area contributed by atoms with Gasteiger partial charge in [0.05, 0.1) is 11.0 Å². The highest BCUT2D eigenvalue weighted by Gasteiger charge is 2.36. The maximum Gasteiger partial charge on any atom is 0.153 e. The molecule has 96 valence electrons. The first-order valence-corrected chi connectivity index (χ1v) is 8.18. The van der Waals surface area contributed by atoms with Crippen LogP contribution >= 0.6 is 0 Å². The van der Waals surface area contributed by atoms with E-state index in [0.717, 1.165) is 25.7 Å². The average molecular weight is 247 g/mol. The predicted octanol–water partition coefficient (Wildman–Crippen LogP) is 1.96. The fourth-order valence-electron chi connectivity index (χ4n) is 2.79. The zero-order chi connectivity index (χ0) is 12.2. The number of rotatable bonds is 5. The van der Waals surface area contributed by atoms with E-state index in [9.17, 15) is 8.42 Å². The van der Waals surface area contributed by atoms with E-state index in [-0.39, 0.29) is 11.2 Å². The minimum absolute atomic E-state index is 0.170. The topological polar surface area (TPSA) is 60.2 Å². The Morgan fingerprint density at radius 1 is 1.25 bits per heavy atom. The number of nitrogens with two attached hydrogens (primary N) is 1. The van der Waals surface area contributed by atoms with Gasteiger partial charge in [-0.05, 0) is 37.6 Å². The first-order chi connectivity index (χ1) is 7.55. The highest BCUT2D eigenvalue weighted by atomic mass is 32.2. The van der Waals surface area contributed by atoms with Crippen LogP contribution in [0.25, 0.3) is 0 Å². The smallest absolute Gasteiger partial charge is 0.153 e. The second-order valence-electron chi connectivity index (χ2n) is 4.99. The third-order valence-electron chi connectivity index (χ3n) is 3.87. The van der Waals surface area contributed by atoms with Gasteiger partial charge in [0, 0.05) is 0 Å². The minimum Gasteiger partial charge on any atom is -0.330 e. The summed E-state index contributed by atoms with van der Waals surface area (Å²) in [5.41, 5.74) is 5.71. The third kappa shape index (κ3) is 3.20. The SMILES string of the molecule is CCCS(=O)(=O)C1CC(CC)CCC1CN. The molecule has 0 aliphatic heterocycles. The van der Waals surface area contributed by atoms with Gasteiger partial charge in [-0.25, -0.2) is 8.42 Å². The van der Waals surface area contributed by atoms with Crippen molar-refractivity contribution in [2.75, 3.05) is 12.3 Å². The summed E-state index contributed by atoms with van der Waals surface area (Å²) >= 11 is 0. The normalized spacial score (nSPS) is 31.6. The van der Waals surface area contributed by atoms with Crippen LogP contribution in [-0.2, 0) is 9.84 Å². The Kier molecular flexibility index (Phi) is 5.25. The lowest BCUT2D eigenvalue weighted by Gasteiger charge is -2.34. The van der Waals surface area contributed by atoms with Crippen LogP contribution in [-0.4, -0.2) is 26.0 Å². The van der Waals surface area contributed by atoms with E-state index in [1.54, 1.807) is 0 Å². The fourth-order valence-corrected chi connectivity index (χ4v) is 5.06. The molecule has 0 aromatic heterocycles. The summed E-state index contributed by atoms with van der Waals surface area (Å²) in [5.74, 6) is 1.10. The lowest BCUT2D eigenvalue weighted by molar-refractivity contribution is 0.275. The molecule has 0 spiro atoms. The molecule has 3 unspecified atom stereocenters. The third-order valence-corrected chi connectivity index (χ3v) is 6.34. The molecule has 3 atom stereocenters. The van der Waals surface area contributed by atoms with Gasteiger partial charge in [-0.15, -0.1) is 0 Å². The van der Waals surface area contributed by atoms with Crippen molar-refractivity contribution in [3.63, 3.8) is 0 Å². The van der Waals surface area contributed by atoms with Crippen molar-refractivity contribution in [1.82, 2.24) is 0 Å². The highest BCUT2D eigenvalue weighted by Crippen LogP contribution is 2.34. The Hall–Kier alpha value is -0.0900. The predicted molar refractivity (Wildman–Crippen MR) is 68.0 cm³/mol. The van der Waals surface area contributed by atoms with Crippen molar-refractivity contribution in [3.8, 4) is 0 Å². The van der Waals surface area contributed by atoms with Gasteiger partial charge in [0.25, 0.3) is 0 Å². The van der Waals surface area contributed by atoms with Crippen molar-refractivity contribution < 1.29 is 8.42 Å². The van der Waals surface area contributed by atoms with E-state index >= 15 is 0 Å². The first kappa shape index (κ1) is 14.0. The van der Waals surface area contributed by atoms with Gasteiger partial charge in [0.15, 0.2) is 9.84 Å². The molecule has 1 aliphatic rings. The van der Waals surface area contributed by atoms with Crippen molar-refractivity contribution >= 4 is 9.84 Å². The molecule has 0 aromatic rings. The van der Waals surface area contributed by atoms with Crippen LogP contribution in [0.2, 0.25) is 0 Å². The highest BCUT2D eigenvalue weighted by molar-refractivity contribution is 7.92. The summed E-state index contributed by atoms with van der Waals surface area (Å²) in [6.45, 7) is 4.59. The summed E-state index contributed by atoms with van der Waals surface area (Å²) < 4.78 is 24.3. The molecule has 0 radical (unpaired) electrons. The Morgan fingerprint density at radius 2 is 1.94 bits per heavy atom. The van der Waals surface area contributed by atoms with E-state index in [1.807, 2.05) is 6.92 Å². The lowest BCUT2D eigenvalue weighted by Crippen LogP contribution is -2.40. The van der Waals surface area contributed by atoms with Gasteiger partial charge >= 0.3 is 0 Å².